The minimum atomic E-state index is -0.469. The van der Waals surface area contributed by atoms with E-state index in [1.807, 2.05) is 19.9 Å². The molecule has 0 saturated carbocycles. The van der Waals surface area contributed by atoms with Crippen LogP contribution in [0.5, 0.6) is 5.75 Å². The quantitative estimate of drug-likeness (QED) is 0.574. The summed E-state index contributed by atoms with van der Waals surface area (Å²) in [5, 5.41) is 9.63. The number of nitriles is 1. The number of rotatable bonds is 6. The fourth-order valence-corrected chi connectivity index (χ4v) is 3.30. The van der Waals surface area contributed by atoms with Crippen LogP contribution in [0.2, 0.25) is 0 Å². The summed E-state index contributed by atoms with van der Waals surface area (Å²) in [4.78, 5) is 23.6. The molecule has 1 aromatic rings. The van der Waals surface area contributed by atoms with Crippen LogP contribution in [-0.4, -0.2) is 26.2 Å². The topological polar surface area (TPSA) is 85.6 Å². The van der Waals surface area contributed by atoms with Crippen LogP contribution in [0.4, 0.5) is 0 Å². The minimum Gasteiger partial charge on any atom is -0.496 e. The van der Waals surface area contributed by atoms with E-state index in [-0.39, 0.29) is 18.5 Å². The van der Waals surface area contributed by atoms with Gasteiger partial charge < -0.3 is 14.2 Å². The summed E-state index contributed by atoms with van der Waals surface area (Å²) in [6, 6.07) is 2.14. The van der Waals surface area contributed by atoms with Crippen molar-refractivity contribution in [2.45, 2.75) is 40.2 Å². The summed E-state index contributed by atoms with van der Waals surface area (Å²) < 4.78 is 15.4. The smallest absolute Gasteiger partial charge is 0.340 e. The molecule has 26 heavy (non-hydrogen) atoms. The second-order valence-electron chi connectivity index (χ2n) is 6.44. The zero-order chi connectivity index (χ0) is 19.4. The van der Waals surface area contributed by atoms with Gasteiger partial charge in [-0.3, -0.25) is 4.79 Å². The van der Waals surface area contributed by atoms with Gasteiger partial charge in [0.25, 0.3) is 0 Å². The minimum absolute atomic E-state index is 0.164. The molecule has 1 heterocycles. The molecular formula is C20H23NO5. The Kier molecular flexibility index (Phi) is 6.04. The van der Waals surface area contributed by atoms with E-state index in [0.717, 1.165) is 11.1 Å². The number of allylic oxidation sites excluding steroid dienone is 2. The van der Waals surface area contributed by atoms with E-state index in [0.29, 0.717) is 40.8 Å². The van der Waals surface area contributed by atoms with Crippen LogP contribution < -0.4 is 4.74 Å². The molecule has 138 valence electrons. The molecule has 0 radical (unpaired) electrons. The van der Waals surface area contributed by atoms with E-state index in [2.05, 4.69) is 6.07 Å². The Hall–Kier alpha value is -2.81. The molecule has 0 amide bonds. The van der Waals surface area contributed by atoms with Crippen molar-refractivity contribution < 1.29 is 23.8 Å². The molecule has 0 aliphatic carbocycles. The van der Waals surface area contributed by atoms with Crippen LogP contribution in [-0.2, 0) is 27.3 Å². The molecule has 6 nitrogen and oxygen atoms in total. The normalized spacial score (nSPS) is 14.3. The molecule has 1 aliphatic heterocycles. The highest BCUT2D eigenvalue weighted by Crippen LogP contribution is 2.37. The first kappa shape index (κ1) is 19.5. The number of cyclic esters (lactones) is 1. The number of nitrogens with zero attached hydrogens (tertiary/aromatic N) is 1. The molecule has 0 N–H and O–H groups in total. The van der Waals surface area contributed by atoms with E-state index in [9.17, 15) is 14.9 Å². The van der Waals surface area contributed by atoms with E-state index < -0.39 is 5.97 Å². The lowest BCUT2D eigenvalue weighted by atomic mass is 9.90. The average molecular weight is 357 g/mol. The summed E-state index contributed by atoms with van der Waals surface area (Å²) in [5.41, 5.74) is 3.83. The summed E-state index contributed by atoms with van der Waals surface area (Å²) in [7, 11) is 2.92. The Balaban J connectivity index is 2.41. The van der Waals surface area contributed by atoms with Crippen molar-refractivity contribution in [3.05, 3.63) is 39.5 Å². The van der Waals surface area contributed by atoms with Gasteiger partial charge in [-0.25, -0.2) is 4.79 Å². The van der Waals surface area contributed by atoms with Crippen molar-refractivity contribution in [1.82, 2.24) is 0 Å². The zero-order valence-electron chi connectivity index (χ0n) is 15.8. The molecule has 1 aliphatic rings. The molecule has 0 bridgehead atoms. The van der Waals surface area contributed by atoms with Crippen molar-refractivity contribution in [3.63, 3.8) is 0 Å². The van der Waals surface area contributed by atoms with Gasteiger partial charge in [-0.1, -0.05) is 18.6 Å². The number of carbonyl (C=O) groups is 2. The van der Waals surface area contributed by atoms with Gasteiger partial charge in [-0.05, 0) is 32.3 Å². The number of hydrogen-bond donors (Lipinski definition) is 0. The zero-order valence-corrected chi connectivity index (χ0v) is 15.8. The second-order valence-corrected chi connectivity index (χ2v) is 6.44. The fourth-order valence-electron chi connectivity index (χ4n) is 3.30. The molecule has 0 saturated heterocycles. The second kappa shape index (κ2) is 8.05. The summed E-state index contributed by atoms with van der Waals surface area (Å²) in [6.07, 6.45) is 2.93. The highest BCUT2D eigenvalue weighted by atomic mass is 16.5. The molecule has 0 aromatic heterocycles. The number of esters is 2. The summed E-state index contributed by atoms with van der Waals surface area (Å²) in [6.45, 7) is 5.75. The average Bonchev–Trinajstić information content (AvgIpc) is 3.01. The third-order valence-electron chi connectivity index (χ3n) is 4.67. The highest BCUT2D eigenvalue weighted by Gasteiger charge is 2.31. The first-order chi connectivity index (χ1) is 12.3. The van der Waals surface area contributed by atoms with Gasteiger partial charge in [-0.15, -0.1) is 0 Å². The Labute approximate surface area is 153 Å². The Morgan fingerprint density at radius 2 is 2.12 bits per heavy atom. The number of fused-ring (bicyclic) bond motifs is 1. The molecule has 1 atom stereocenters. The van der Waals surface area contributed by atoms with E-state index in [1.165, 1.54) is 7.11 Å². The van der Waals surface area contributed by atoms with Crippen LogP contribution in [0.25, 0.3) is 0 Å². The largest absolute Gasteiger partial charge is 0.496 e. The molecular weight excluding hydrogens is 334 g/mol. The first-order valence-electron chi connectivity index (χ1n) is 8.38. The molecule has 6 heteroatoms. The van der Waals surface area contributed by atoms with Crippen molar-refractivity contribution in [2.75, 3.05) is 14.2 Å². The van der Waals surface area contributed by atoms with Crippen molar-refractivity contribution >= 4 is 11.9 Å². The highest BCUT2D eigenvalue weighted by molar-refractivity contribution is 5.97. The van der Waals surface area contributed by atoms with Gasteiger partial charge in [0.15, 0.2) is 0 Å². The predicted octanol–water partition coefficient (Wildman–Crippen LogP) is 3.23. The summed E-state index contributed by atoms with van der Waals surface area (Å²) >= 11 is 0. The number of methoxy groups -OCH3 is 2. The van der Waals surface area contributed by atoms with Gasteiger partial charge in [0.2, 0.25) is 0 Å². The predicted molar refractivity (Wildman–Crippen MR) is 94.8 cm³/mol. The van der Waals surface area contributed by atoms with Gasteiger partial charge in [0.1, 0.15) is 18.4 Å². The van der Waals surface area contributed by atoms with E-state index >= 15 is 0 Å². The molecule has 0 fully saturated rings. The van der Waals surface area contributed by atoms with Crippen molar-refractivity contribution in [2.24, 2.45) is 5.92 Å². The Morgan fingerprint density at radius 3 is 2.69 bits per heavy atom. The van der Waals surface area contributed by atoms with Crippen LogP contribution in [0.1, 0.15) is 52.9 Å². The van der Waals surface area contributed by atoms with Gasteiger partial charge >= 0.3 is 11.9 Å². The summed E-state index contributed by atoms with van der Waals surface area (Å²) in [5.74, 6) is -0.373. The van der Waals surface area contributed by atoms with Crippen molar-refractivity contribution in [3.8, 4) is 11.8 Å². The lowest BCUT2D eigenvalue weighted by molar-refractivity contribution is -0.144. The van der Waals surface area contributed by atoms with Crippen LogP contribution >= 0.6 is 0 Å². The Bertz CT molecular complexity index is 817. The maximum atomic E-state index is 12.1. The number of carbonyl (C=O) groups excluding carboxylic acids is 2. The number of benzene rings is 1. The maximum Gasteiger partial charge on any atom is 0.340 e. The van der Waals surface area contributed by atoms with Gasteiger partial charge in [0, 0.05) is 11.1 Å². The monoisotopic (exact) mass is 357 g/mol. The maximum absolute atomic E-state index is 12.1. The van der Waals surface area contributed by atoms with Crippen LogP contribution in [0, 0.1) is 24.2 Å². The van der Waals surface area contributed by atoms with Crippen molar-refractivity contribution in [1.29, 1.82) is 5.26 Å². The molecule has 2 rings (SSSR count). The third kappa shape index (κ3) is 3.57. The van der Waals surface area contributed by atoms with Crippen LogP contribution in [0.15, 0.2) is 11.6 Å². The van der Waals surface area contributed by atoms with Crippen LogP contribution in [0.3, 0.4) is 0 Å². The molecule has 0 unspecified atom stereocenters. The standard InChI is InChI=1S/C20H23NO5/c1-11(8-12(2)19(22)25-5)6-7-14-15(9-21)17-16(10-26-20(17)23)13(3)18(14)24-4/h6,12H,7-8,10H2,1-5H3/t12-/m1/s1. The van der Waals surface area contributed by atoms with E-state index in [4.69, 9.17) is 14.2 Å². The Morgan fingerprint density at radius 1 is 1.42 bits per heavy atom. The van der Waals surface area contributed by atoms with Gasteiger partial charge in [-0.2, -0.15) is 5.26 Å². The van der Waals surface area contributed by atoms with E-state index in [1.54, 1.807) is 14.0 Å². The number of hydrogen-bond acceptors (Lipinski definition) is 6. The number of ether oxygens (including phenoxy) is 3. The molecule has 1 aromatic carbocycles. The third-order valence-corrected chi connectivity index (χ3v) is 4.67. The first-order valence-corrected chi connectivity index (χ1v) is 8.38. The fraction of sp³-hybridized carbons (Fsp3) is 0.450. The lowest BCUT2D eigenvalue weighted by Crippen LogP contribution is -2.13. The lowest BCUT2D eigenvalue weighted by Gasteiger charge is -2.16. The molecule has 0 spiro atoms. The van der Waals surface area contributed by atoms with Gasteiger partial charge in [0.05, 0.1) is 31.3 Å². The SMILES string of the molecule is COC(=O)[C@H](C)CC(C)=CCc1c(C#N)c2c(c(C)c1OC)COC2=O.